The van der Waals surface area contributed by atoms with Gasteiger partial charge in [-0.25, -0.2) is 4.84 Å². The number of quaternary nitrogens is 1. The number of halogens is 4. The first-order valence-corrected chi connectivity index (χ1v) is 47.0. The number of rotatable bonds is 72. The van der Waals surface area contributed by atoms with Crippen LogP contribution in [0.15, 0.2) is 63.5 Å². The van der Waals surface area contributed by atoms with Crippen LogP contribution >= 0.6 is 36.6 Å². The molecule has 0 aliphatic heterocycles. The second-order valence-electron chi connectivity index (χ2n) is 31.0. The molecule has 0 radical (unpaired) electrons. The first kappa shape index (κ1) is 132. The second-order valence-corrected chi connectivity index (χ2v) is 31.3. The number of benzene rings is 2. The Balaban J connectivity index is -0.000000180. The summed E-state index contributed by atoms with van der Waals surface area (Å²) in [6.07, 6.45) is 95.0. The minimum absolute atomic E-state index is 0. The van der Waals surface area contributed by atoms with Gasteiger partial charge in [-0.1, -0.05) is 437 Å². The van der Waals surface area contributed by atoms with Crippen LogP contribution in [0.1, 0.15) is 450 Å². The molecule has 2 aromatic carbocycles. The Morgan fingerprint density at radius 1 is 0.393 bits per heavy atom. The predicted octanol–water partition coefficient (Wildman–Crippen LogP) is 19.8. The van der Waals surface area contributed by atoms with Crippen molar-refractivity contribution in [2.24, 2.45) is 37.9 Å². The van der Waals surface area contributed by atoms with Crippen LogP contribution in [-0.2, 0) is 12.8 Å². The number of hydrogen-bond donors (Lipinski definition) is 10. The Kier molecular flexibility index (Phi) is 136. The van der Waals surface area contributed by atoms with Gasteiger partial charge >= 0.3 is 29.6 Å². The fraction of sp³-hybridized carbons (Fsp3) is 0.809. The molecule has 0 heterocycles. The number of guanidine groups is 3. The van der Waals surface area contributed by atoms with Crippen LogP contribution in [0.2, 0.25) is 0 Å². The molecule has 0 unspecified atom stereocenters. The molecule has 0 aliphatic carbocycles. The minimum Gasteiger partial charge on any atom is -1.00 e. The number of unbranched alkanes of at least 4 members (excludes halogenated alkanes) is 60. The molecule has 0 aliphatic rings. The van der Waals surface area contributed by atoms with Crippen molar-refractivity contribution < 1.29 is 63.4 Å². The number of nitrogens with two attached hydrogens (primary N) is 4. The van der Waals surface area contributed by atoms with E-state index in [0.717, 1.165) is 61.4 Å². The molecular weight excluding hydrogens is 1550 g/mol. The third-order valence-electron chi connectivity index (χ3n) is 20.3. The van der Waals surface area contributed by atoms with E-state index in [1.807, 2.05) is 48.5 Å². The fourth-order valence-electron chi connectivity index (χ4n) is 13.3. The molecule has 0 atom stereocenters. The van der Waals surface area contributed by atoms with Crippen LogP contribution in [0, 0.1) is 34.4 Å². The zero-order chi connectivity index (χ0) is 82.7. The van der Waals surface area contributed by atoms with Gasteiger partial charge in [-0.2, -0.15) is 10.3 Å². The van der Waals surface area contributed by atoms with Crippen molar-refractivity contribution in [3.05, 3.63) is 65.0 Å². The Morgan fingerprint density at radius 3 is 0.880 bits per heavy atom. The van der Waals surface area contributed by atoms with E-state index in [9.17, 15) is 0 Å². The number of anilines is 1. The van der Waals surface area contributed by atoms with Gasteiger partial charge in [0, 0.05) is 50.9 Å². The van der Waals surface area contributed by atoms with Crippen LogP contribution in [0.5, 0.6) is 0 Å². The van der Waals surface area contributed by atoms with E-state index < -0.39 is 0 Å². The molecule has 682 valence electrons. The molecule has 23 heteroatoms. The van der Waals surface area contributed by atoms with E-state index in [-0.39, 0.29) is 103 Å². The molecule has 0 saturated carbocycles. The zero-order valence-corrected chi connectivity index (χ0v) is 81.3. The van der Waals surface area contributed by atoms with Crippen LogP contribution in [0.25, 0.3) is 5.32 Å². The third kappa shape index (κ3) is 121. The van der Waals surface area contributed by atoms with E-state index in [2.05, 4.69) is 69.2 Å². The average molecular weight is 1740 g/mol. The summed E-state index contributed by atoms with van der Waals surface area (Å²) in [6.45, 7) is 12.7. The van der Waals surface area contributed by atoms with E-state index in [4.69, 9.17) is 60.7 Å². The fourth-order valence-corrected chi connectivity index (χ4v) is 13.5. The van der Waals surface area contributed by atoms with Crippen molar-refractivity contribution >= 4 is 65.8 Å². The van der Waals surface area contributed by atoms with Crippen molar-refractivity contribution in [2.75, 3.05) is 44.7 Å². The first-order valence-electron chi connectivity index (χ1n) is 46.6. The van der Waals surface area contributed by atoms with Gasteiger partial charge < -0.3 is 72.6 Å². The van der Waals surface area contributed by atoms with Gasteiger partial charge in [0.05, 0.1) is 0 Å². The van der Waals surface area contributed by atoms with Crippen LogP contribution in [-0.4, -0.2) is 73.0 Å². The topological polar surface area (TPSA) is 362 Å². The zero-order valence-electron chi connectivity index (χ0n) is 76.1. The summed E-state index contributed by atoms with van der Waals surface area (Å²) in [5, 5.41) is 48.7. The molecule has 0 aromatic heterocycles. The Morgan fingerprint density at radius 2 is 0.641 bits per heavy atom. The Bertz CT molecular complexity index is 2330. The number of nitrogens with one attached hydrogen (secondary N) is 3. The average Bonchev–Trinajstić information content (AvgIpc) is 0.908. The van der Waals surface area contributed by atoms with Gasteiger partial charge in [-0.15, -0.1) is 24.8 Å². The Labute approximate surface area is 767 Å². The number of nitrogens with zero attached hydrogens (tertiary/aromatic N) is 7. The van der Waals surface area contributed by atoms with Crippen LogP contribution < -0.4 is 86.1 Å². The van der Waals surface area contributed by atoms with E-state index in [1.54, 1.807) is 6.19 Å². The van der Waals surface area contributed by atoms with E-state index in [0.29, 0.717) is 13.0 Å². The molecule has 0 saturated heterocycles. The summed E-state index contributed by atoms with van der Waals surface area (Å²) in [5.74, 6) is 0.671. The number of aliphatic hydroxyl groups excluding tert-OH is 2. The first-order chi connectivity index (χ1) is 55.0. The van der Waals surface area contributed by atoms with Gasteiger partial charge in [-0.05, 0) is 92.2 Å². The summed E-state index contributed by atoms with van der Waals surface area (Å²) in [7, 11) is 0. The van der Waals surface area contributed by atoms with Crippen molar-refractivity contribution in [2.45, 2.75) is 451 Å². The molecule has 0 bridgehead atoms. The molecule has 117 heavy (non-hydrogen) atoms. The predicted molar refractivity (Wildman–Crippen MR) is 508 cm³/mol. The van der Waals surface area contributed by atoms with E-state index in [1.165, 1.54) is 410 Å². The molecular formula is C94H184Cl4N15NaO3. The minimum atomic E-state index is 0. The molecule has 0 fully saturated rings. The number of hydrogen-bond acceptors (Lipinski definition) is 9. The summed E-state index contributed by atoms with van der Waals surface area (Å²) < 4.78 is 0. The maximum absolute atomic E-state index is 8.97. The van der Waals surface area contributed by atoms with Crippen molar-refractivity contribution in [1.29, 1.82) is 15.8 Å². The number of aliphatic hydroxyl groups is 2. The number of nitriles is 3. The third-order valence-corrected chi connectivity index (χ3v) is 20.5. The molecule has 18 nitrogen and oxygen atoms in total. The van der Waals surface area contributed by atoms with E-state index >= 15 is 0 Å². The van der Waals surface area contributed by atoms with Gasteiger partial charge in [-0.3, -0.25) is 20.6 Å². The second kappa shape index (κ2) is 121. The van der Waals surface area contributed by atoms with Crippen molar-refractivity contribution in [3.63, 3.8) is 0 Å². The molecule has 0 spiro atoms. The monoisotopic (exact) mass is 1730 g/mol. The molecule has 2 rings (SSSR count). The summed E-state index contributed by atoms with van der Waals surface area (Å²) in [4.78, 5) is 15.2. The van der Waals surface area contributed by atoms with Crippen molar-refractivity contribution in [1.82, 2.24) is 10.2 Å². The summed E-state index contributed by atoms with van der Waals surface area (Å²) in [5.41, 5.74) is 30.6. The normalized spacial score (nSPS) is 10.6. The van der Waals surface area contributed by atoms with Gasteiger partial charge in [0.2, 0.25) is 17.9 Å². The van der Waals surface area contributed by atoms with Crippen LogP contribution in [0.4, 0.5) is 11.4 Å². The van der Waals surface area contributed by atoms with Gasteiger partial charge in [0.25, 0.3) is 0 Å². The molecule has 0 amide bonds. The van der Waals surface area contributed by atoms with Gasteiger partial charge in [0.15, 0.2) is 6.19 Å². The smallest absolute Gasteiger partial charge is 1.00 e. The van der Waals surface area contributed by atoms with Crippen molar-refractivity contribution in [3.8, 4) is 18.6 Å². The SMILES string of the molecule is CCCCCCCCCCCCCCCCCCN.CCCCCCCCCCCCCCCCCCN=C(N)N=C(N)Nc1ccc(CCO)cc1.CCCCCCCCCCCCCCCCCCN=C(N)NC#N.CCCCCCCCCCCCCCCCCCNCl.Cl.Cl.N#C[N-]C#N.O.[Cl-].[NH3+]c1ccc(CCO)cc1.[Na+]. The summed E-state index contributed by atoms with van der Waals surface area (Å²) in [6, 6.07) is 15.6. The molecule has 18 N–H and O–H groups in total. The maximum Gasteiger partial charge on any atom is 1.00 e. The Hall–Kier alpha value is -3.36. The standard InChI is InChI=1S/C28H51N5O.C20H40N4.C18H38ClN.C18H39N.C8H11NO.C2N3.3ClH.Na.H2O/c1-2-3-4-5-6-7-8-9-10-11-12-13-14-15-16-17-23-31-27(29)33-28(30)32-26-20-18-25(19-21-26)22-24-34;1-2-3-4-5-6-7-8-9-10-11-12-13-14-15-16-17-18-23-20(22)24-19-21;1-2-3-4-5-6-7-8-9-10-11-12-13-14-15-16-17-18-20-19;1-2-3-4-5-6-7-8-9-10-11-12-13-14-15-16-17-18-19;9-8-3-1-7(2-4-8)5-6-10;3-1-5-2-4;;;;;/h18-21,34H,2-17,22-24H2,1H3,(H5,29,30,31,32,33);2-18H2,1H3,(H3,22,23,24);20H,2-18H2,1H3;2-19H2,1H3;1-4,10H,5-6,9H2;;3*1H;;1H2/q;;;;;-1;;;;+1;. The van der Waals surface area contributed by atoms with Crippen LogP contribution in [0.3, 0.4) is 0 Å². The largest absolute Gasteiger partial charge is 1.00 e. The maximum atomic E-state index is 8.97. The molecule has 2 aromatic rings. The van der Waals surface area contributed by atoms with Gasteiger partial charge in [0.1, 0.15) is 5.69 Å². The number of aliphatic imine (C=N–C) groups is 3. The summed E-state index contributed by atoms with van der Waals surface area (Å²) >= 11 is 5.42. The quantitative estimate of drug-likeness (QED) is 0.00562.